The van der Waals surface area contributed by atoms with Gasteiger partial charge in [-0.15, -0.1) is 0 Å². The maximum Gasteiger partial charge on any atom is 0.335 e. The van der Waals surface area contributed by atoms with Crippen molar-refractivity contribution in [3.05, 3.63) is 89.8 Å². The van der Waals surface area contributed by atoms with Gasteiger partial charge in [-0.25, -0.2) is 14.2 Å². The molecule has 1 aromatic heterocycles. The lowest BCUT2D eigenvalue weighted by Gasteiger charge is -2.05. The van der Waals surface area contributed by atoms with Gasteiger partial charge in [0.25, 0.3) is 0 Å². The Labute approximate surface area is 175 Å². The number of carbonyl (C=O) groups is 2. The fourth-order valence-corrected chi connectivity index (χ4v) is 3.02. The molecule has 1 heterocycles. The van der Waals surface area contributed by atoms with E-state index in [1.54, 1.807) is 42.5 Å². The smallest absolute Gasteiger partial charge is 0.335 e. The van der Waals surface area contributed by atoms with Crippen LogP contribution in [0.1, 0.15) is 15.9 Å². The van der Waals surface area contributed by atoms with Crippen LogP contribution in [-0.2, 0) is 4.79 Å². The molecule has 0 saturated carbocycles. The molecule has 0 spiro atoms. The van der Waals surface area contributed by atoms with Gasteiger partial charge in [-0.3, -0.25) is 4.79 Å². The minimum atomic E-state index is -1.10. The van der Waals surface area contributed by atoms with Crippen LogP contribution in [0.15, 0.2) is 72.8 Å². The highest BCUT2D eigenvalue weighted by molar-refractivity contribution is 6.02. The van der Waals surface area contributed by atoms with Gasteiger partial charge in [-0.2, -0.15) is 4.73 Å². The largest absolute Gasteiger partial charge is 0.478 e. The summed E-state index contributed by atoms with van der Waals surface area (Å²) >= 11 is 0. The summed E-state index contributed by atoms with van der Waals surface area (Å²) in [5.41, 5.74) is 2.58. The molecule has 0 atom stereocenters. The number of fused-ring (bicyclic) bond motifs is 1. The second-order valence-corrected chi connectivity index (χ2v) is 6.71. The normalized spacial score (nSPS) is 11.1. The van der Waals surface area contributed by atoms with Crippen LogP contribution in [0.5, 0.6) is 0 Å². The quantitative estimate of drug-likeness (QED) is 0.329. The lowest BCUT2D eigenvalue weighted by atomic mass is 10.2. The van der Waals surface area contributed by atoms with E-state index in [0.29, 0.717) is 22.3 Å². The predicted octanol–water partition coefficient (Wildman–Crippen LogP) is 4.43. The first-order chi connectivity index (χ1) is 14.9. The Balaban J connectivity index is 1.50. The van der Waals surface area contributed by atoms with Crippen LogP contribution in [0.2, 0.25) is 0 Å². The number of nitrogens with zero attached hydrogens (tertiary/aromatic N) is 2. The number of hydrogen-bond donors (Lipinski definition) is 3. The molecule has 0 bridgehead atoms. The van der Waals surface area contributed by atoms with E-state index in [2.05, 4.69) is 10.3 Å². The monoisotopic (exact) mass is 417 g/mol. The molecular formula is C23H16FN3O4. The summed E-state index contributed by atoms with van der Waals surface area (Å²) in [5.74, 6) is -1.56. The van der Waals surface area contributed by atoms with Gasteiger partial charge in [0.1, 0.15) is 11.3 Å². The van der Waals surface area contributed by atoms with Crippen LogP contribution in [0.3, 0.4) is 0 Å². The van der Waals surface area contributed by atoms with E-state index in [0.717, 1.165) is 4.73 Å². The van der Waals surface area contributed by atoms with Gasteiger partial charge in [0.05, 0.1) is 11.1 Å². The summed E-state index contributed by atoms with van der Waals surface area (Å²) in [6.45, 7) is 0. The number of rotatable bonds is 5. The van der Waals surface area contributed by atoms with E-state index in [-0.39, 0.29) is 28.6 Å². The number of aromatic carboxylic acids is 1. The van der Waals surface area contributed by atoms with Crippen LogP contribution < -0.4 is 5.32 Å². The van der Waals surface area contributed by atoms with E-state index >= 15 is 0 Å². The maximum atomic E-state index is 12.9. The van der Waals surface area contributed by atoms with Crippen LogP contribution in [-0.4, -0.2) is 31.9 Å². The maximum absolute atomic E-state index is 12.9. The van der Waals surface area contributed by atoms with Gasteiger partial charge in [-0.05, 0) is 66.2 Å². The number of halogens is 1. The highest BCUT2D eigenvalue weighted by atomic mass is 19.1. The van der Waals surface area contributed by atoms with Gasteiger partial charge >= 0.3 is 5.97 Å². The lowest BCUT2D eigenvalue weighted by molar-refractivity contribution is -0.111. The fraction of sp³-hybridized carbons (Fsp3) is 0. The summed E-state index contributed by atoms with van der Waals surface area (Å²) < 4.78 is 13.7. The van der Waals surface area contributed by atoms with Gasteiger partial charge < -0.3 is 15.6 Å². The zero-order valence-corrected chi connectivity index (χ0v) is 16.0. The van der Waals surface area contributed by atoms with Crippen molar-refractivity contribution in [2.45, 2.75) is 0 Å². The molecule has 3 N–H and O–H groups in total. The Bertz CT molecular complexity index is 1310. The molecule has 4 rings (SSSR count). The molecule has 1 amide bonds. The number of nitrogens with one attached hydrogen (secondary N) is 1. The number of anilines is 1. The van der Waals surface area contributed by atoms with E-state index in [1.807, 2.05) is 0 Å². The van der Waals surface area contributed by atoms with Crippen LogP contribution in [0.4, 0.5) is 10.1 Å². The minimum absolute atomic E-state index is 0.0426. The van der Waals surface area contributed by atoms with Gasteiger partial charge in [0, 0.05) is 17.3 Å². The predicted molar refractivity (Wildman–Crippen MR) is 113 cm³/mol. The highest BCUT2D eigenvalue weighted by Crippen LogP contribution is 2.25. The van der Waals surface area contributed by atoms with E-state index < -0.39 is 5.97 Å². The Morgan fingerprint density at radius 3 is 2.39 bits per heavy atom. The second kappa shape index (κ2) is 8.11. The molecule has 0 aliphatic carbocycles. The molecule has 3 aromatic carbocycles. The van der Waals surface area contributed by atoms with Crippen LogP contribution in [0, 0.1) is 5.82 Å². The average Bonchev–Trinajstić information content (AvgIpc) is 3.10. The van der Waals surface area contributed by atoms with E-state index in [1.165, 1.54) is 36.4 Å². The second-order valence-electron chi connectivity index (χ2n) is 6.71. The molecule has 8 heteroatoms. The SMILES string of the molecule is O=C(/C=C/c1ccc(F)cc1)Nc1ccc(-c2nc3ccc(C(=O)O)cc3n2O)cc1. The number of carbonyl (C=O) groups excluding carboxylic acids is 1. The number of amides is 1. The van der Waals surface area contributed by atoms with Gasteiger partial charge in [-0.1, -0.05) is 12.1 Å². The first kappa shape index (κ1) is 19.8. The molecule has 0 radical (unpaired) electrons. The number of carboxylic acid groups (broad SMARTS) is 1. The third kappa shape index (κ3) is 4.27. The molecule has 4 aromatic rings. The molecule has 0 saturated heterocycles. The van der Waals surface area contributed by atoms with Crippen molar-refractivity contribution >= 4 is 34.7 Å². The van der Waals surface area contributed by atoms with Crippen molar-refractivity contribution in [2.24, 2.45) is 0 Å². The van der Waals surface area contributed by atoms with Crippen molar-refractivity contribution in [1.29, 1.82) is 0 Å². The number of aromatic nitrogens is 2. The Hall–Kier alpha value is -4.46. The van der Waals surface area contributed by atoms with Crippen molar-refractivity contribution in [1.82, 2.24) is 9.71 Å². The number of carboxylic acids is 1. The molecule has 31 heavy (non-hydrogen) atoms. The third-order valence-corrected chi connectivity index (χ3v) is 4.59. The van der Waals surface area contributed by atoms with Gasteiger partial charge in [0.15, 0.2) is 5.82 Å². The third-order valence-electron chi connectivity index (χ3n) is 4.59. The zero-order valence-electron chi connectivity index (χ0n) is 16.0. The lowest BCUT2D eigenvalue weighted by Crippen LogP contribution is -2.07. The Kier molecular flexibility index (Phi) is 5.19. The van der Waals surface area contributed by atoms with Crippen molar-refractivity contribution in [3.8, 4) is 11.4 Å². The number of hydrogen-bond acceptors (Lipinski definition) is 4. The van der Waals surface area contributed by atoms with E-state index in [4.69, 9.17) is 5.11 Å². The van der Waals surface area contributed by atoms with Crippen molar-refractivity contribution < 1.29 is 24.3 Å². The van der Waals surface area contributed by atoms with E-state index in [9.17, 15) is 19.2 Å². The minimum Gasteiger partial charge on any atom is -0.478 e. The summed E-state index contributed by atoms with van der Waals surface area (Å²) in [6.07, 6.45) is 2.91. The fourth-order valence-electron chi connectivity index (χ4n) is 3.02. The summed E-state index contributed by atoms with van der Waals surface area (Å²) in [7, 11) is 0. The zero-order chi connectivity index (χ0) is 22.0. The molecule has 154 valence electrons. The topological polar surface area (TPSA) is 104 Å². The molecule has 0 aliphatic rings. The Morgan fingerprint density at radius 2 is 1.71 bits per heavy atom. The van der Waals surface area contributed by atoms with Crippen molar-refractivity contribution in [3.63, 3.8) is 0 Å². The average molecular weight is 417 g/mol. The standard InChI is InChI=1S/C23H16FN3O4/c24-17-7-1-14(2-8-17)3-12-21(28)25-18-9-4-15(5-10-18)22-26-19-11-6-16(23(29)30)13-20(19)27(22)31/h1-13,31H,(H,25,28)(H,29,30)/b12-3+. The van der Waals surface area contributed by atoms with Crippen LogP contribution in [0.25, 0.3) is 28.5 Å². The first-order valence-corrected chi connectivity index (χ1v) is 9.21. The Morgan fingerprint density at radius 1 is 1.00 bits per heavy atom. The molecular weight excluding hydrogens is 401 g/mol. The molecule has 0 aliphatic heterocycles. The summed E-state index contributed by atoms with van der Waals surface area (Å²) in [6, 6.07) is 16.7. The summed E-state index contributed by atoms with van der Waals surface area (Å²) in [5, 5.41) is 22.2. The van der Waals surface area contributed by atoms with Gasteiger partial charge in [0.2, 0.25) is 5.91 Å². The first-order valence-electron chi connectivity index (χ1n) is 9.21. The number of benzene rings is 3. The summed E-state index contributed by atoms with van der Waals surface area (Å²) in [4.78, 5) is 27.6. The molecule has 0 unspecified atom stereocenters. The highest BCUT2D eigenvalue weighted by Gasteiger charge is 2.14. The number of imidazole rings is 1. The van der Waals surface area contributed by atoms with Crippen LogP contribution >= 0.6 is 0 Å². The molecule has 7 nitrogen and oxygen atoms in total. The van der Waals surface area contributed by atoms with Crippen molar-refractivity contribution in [2.75, 3.05) is 5.32 Å². The molecule has 0 fully saturated rings.